The van der Waals surface area contributed by atoms with Crippen LogP contribution in [-0.4, -0.2) is 26.1 Å². The van der Waals surface area contributed by atoms with E-state index in [1.807, 2.05) is 67.6 Å². The molecule has 0 spiro atoms. The van der Waals surface area contributed by atoms with Crippen molar-refractivity contribution in [2.75, 3.05) is 35.7 Å². The minimum atomic E-state index is -0.538. The van der Waals surface area contributed by atoms with Crippen LogP contribution < -0.4 is 20.3 Å². The van der Waals surface area contributed by atoms with Crippen molar-refractivity contribution in [1.82, 2.24) is 0 Å². The molecule has 4 rings (SSSR count). The van der Waals surface area contributed by atoms with Gasteiger partial charge in [0.2, 0.25) is 0 Å². The summed E-state index contributed by atoms with van der Waals surface area (Å²) in [6.07, 6.45) is 2.50. The molecular formula is C26H29N3O2. The van der Waals surface area contributed by atoms with Gasteiger partial charge in [0.1, 0.15) is 11.8 Å². The second-order valence-electron chi connectivity index (χ2n) is 7.92. The van der Waals surface area contributed by atoms with Crippen molar-refractivity contribution >= 4 is 23.0 Å². The van der Waals surface area contributed by atoms with Crippen molar-refractivity contribution in [1.29, 1.82) is 0 Å². The standard InChI is InChI=1S/C26H29N3O2/c1-19-10-15-24(31-2)23(18-19)28-26(30)25(20-8-4-3-5-9-20)27-21-11-13-22(14-12-21)29-16-6-7-17-29/h3-5,8-15,18,25,27H,6-7,16-17H2,1-2H3,(H,28,30)/t25-/m1/s1. The summed E-state index contributed by atoms with van der Waals surface area (Å²) in [5.74, 6) is 0.499. The Kier molecular flexibility index (Phi) is 6.41. The van der Waals surface area contributed by atoms with E-state index in [-0.39, 0.29) is 5.91 Å². The van der Waals surface area contributed by atoms with Gasteiger partial charge in [0, 0.05) is 24.5 Å². The molecule has 0 unspecified atom stereocenters. The van der Waals surface area contributed by atoms with Gasteiger partial charge in [-0.25, -0.2) is 0 Å². The van der Waals surface area contributed by atoms with Crippen LogP contribution in [0.4, 0.5) is 17.1 Å². The maximum Gasteiger partial charge on any atom is 0.251 e. The Morgan fingerprint density at radius 1 is 0.968 bits per heavy atom. The second kappa shape index (κ2) is 9.56. The van der Waals surface area contributed by atoms with E-state index in [1.54, 1.807) is 7.11 Å². The number of methoxy groups -OCH3 is 1. The van der Waals surface area contributed by atoms with Crippen molar-refractivity contribution in [2.45, 2.75) is 25.8 Å². The quantitative estimate of drug-likeness (QED) is 0.543. The molecule has 0 radical (unpaired) electrons. The Morgan fingerprint density at radius 2 is 1.68 bits per heavy atom. The first-order valence-electron chi connectivity index (χ1n) is 10.8. The van der Waals surface area contributed by atoms with Crippen molar-refractivity contribution in [3.05, 3.63) is 83.9 Å². The van der Waals surface area contributed by atoms with E-state index >= 15 is 0 Å². The molecule has 3 aromatic carbocycles. The van der Waals surface area contributed by atoms with Gasteiger partial charge in [0.05, 0.1) is 12.8 Å². The number of rotatable bonds is 7. The van der Waals surface area contributed by atoms with Crippen LogP contribution in [0.25, 0.3) is 0 Å². The molecule has 1 amide bonds. The molecule has 0 aromatic heterocycles. The van der Waals surface area contributed by atoms with Gasteiger partial charge in [-0.15, -0.1) is 0 Å². The lowest BCUT2D eigenvalue weighted by Crippen LogP contribution is -2.27. The Bertz CT molecular complexity index is 1010. The molecule has 1 heterocycles. The number of benzene rings is 3. The summed E-state index contributed by atoms with van der Waals surface area (Å²) in [6.45, 7) is 4.21. The third-order valence-electron chi connectivity index (χ3n) is 5.66. The van der Waals surface area contributed by atoms with Crippen LogP contribution in [0.5, 0.6) is 5.75 Å². The Morgan fingerprint density at radius 3 is 2.35 bits per heavy atom. The fourth-order valence-electron chi connectivity index (χ4n) is 3.98. The molecule has 31 heavy (non-hydrogen) atoms. The van der Waals surface area contributed by atoms with E-state index in [4.69, 9.17) is 4.74 Å². The van der Waals surface area contributed by atoms with Gasteiger partial charge in [0.15, 0.2) is 0 Å². The van der Waals surface area contributed by atoms with Crippen molar-refractivity contribution in [3.63, 3.8) is 0 Å². The largest absolute Gasteiger partial charge is 0.495 e. The SMILES string of the molecule is COc1ccc(C)cc1NC(=O)[C@H](Nc1ccc(N2CCCC2)cc1)c1ccccc1. The zero-order chi connectivity index (χ0) is 21.6. The molecule has 1 aliphatic rings. The maximum atomic E-state index is 13.3. The Balaban J connectivity index is 1.56. The smallest absolute Gasteiger partial charge is 0.251 e. The molecule has 2 N–H and O–H groups in total. The number of nitrogens with zero attached hydrogens (tertiary/aromatic N) is 1. The number of aryl methyl sites for hydroxylation is 1. The number of amides is 1. The summed E-state index contributed by atoms with van der Waals surface area (Å²) in [4.78, 5) is 15.7. The summed E-state index contributed by atoms with van der Waals surface area (Å²) < 4.78 is 5.43. The van der Waals surface area contributed by atoms with Crippen LogP contribution in [0, 0.1) is 6.92 Å². The number of carbonyl (C=O) groups excluding carboxylic acids is 1. The fourth-order valence-corrected chi connectivity index (χ4v) is 3.98. The molecule has 1 atom stereocenters. The molecule has 5 nitrogen and oxygen atoms in total. The van der Waals surface area contributed by atoms with Gasteiger partial charge in [-0.3, -0.25) is 4.79 Å². The topological polar surface area (TPSA) is 53.6 Å². The molecule has 160 valence electrons. The predicted octanol–water partition coefficient (Wildman–Crippen LogP) is 5.40. The number of ether oxygens (including phenoxy) is 1. The van der Waals surface area contributed by atoms with Gasteiger partial charge in [0.25, 0.3) is 5.91 Å². The van der Waals surface area contributed by atoms with Crippen LogP contribution in [0.2, 0.25) is 0 Å². The van der Waals surface area contributed by atoms with Crippen molar-refractivity contribution < 1.29 is 9.53 Å². The summed E-state index contributed by atoms with van der Waals surface area (Å²) in [6, 6.07) is 23.3. The maximum absolute atomic E-state index is 13.3. The van der Waals surface area contributed by atoms with Crippen LogP contribution >= 0.6 is 0 Å². The van der Waals surface area contributed by atoms with E-state index in [0.29, 0.717) is 11.4 Å². The zero-order valence-corrected chi connectivity index (χ0v) is 18.1. The van der Waals surface area contributed by atoms with Crippen LogP contribution in [0.3, 0.4) is 0 Å². The number of carbonyl (C=O) groups is 1. The molecule has 0 bridgehead atoms. The van der Waals surface area contributed by atoms with Gasteiger partial charge < -0.3 is 20.3 Å². The first kappa shape index (κ1) is 20.8. The van der Waals surface area contributed by atoms with Crippen LogP contribution in [0.1, 0.15) is 30.0 Å². The molecular weight excluding hydrogens is 386 g/mol. The monoisotopic (exact) mass is 415 g/mol. The Hall–Kier alpha value is -3.47. The number of hydrogen-bond acceptors (Lipinski definition) is 4. The minimum absolute atomic E-state index is 0.140. The minimum Gasteiger partial charge on any atom is -0.495 e. The zero-order valence-electron chi connectivity index (χ0n) is 18.1. The highest BCUT2D eigenvalue weighted by atomic mass is 16.5. The highest BCUT2D eigenvalue weighted by Crippen LogP contribution is 2.29. The van der Waals surface area contributed by atoms with Crippen molar-refractivity contribution in [3.8, 4) is 5.75 Å². The highest BCUT2D eigenvalue weighted by Gasteiger charge is 2.22. The predicted molar refractivity (Wildman–Crippen MR) is 127 cm³/mol. The lowest BCUT2D eigenvalue weighted by molar-refractivity contribution is -0.117. The fraction of sp³-hybridized carbons (Fsp3) is 0.269. The number of nitrogens with one attached hydrogen (secondary N) is 2. The lowest BCUT2D eigenvalue weighted by Gasteiger charge is -2.22. The normalized spacial score (nSPS) is 14.2. The van der Waals surface area contributed by atoms with E-state index in [0.717, 1.165) is 29.9 Å². The van der Waals surface area contributed by atoms with E-state index < -0.39 is 6.04 Å². The van der Waals surface area contributed by atoms with Crippen LogP contribution in [0.15, 0.2) is 72.8 Å². The molecule has 3 aromatic rings. The van der Waals surface area contributed by atoms with Gasteiger partial charge >= 0.3 is 0 Å². The third kappa shape index (κ3) is 5.00. The highest BCUT2D eigenvalue weighted by molar-refractivity contribution is 5.98. The molecule has 1 fully saturated rings. The van der Waals surface area contributed by atoms with Gasteiger partial charge in [-0.2, -0.15) is 0 Å². The van der Waals surface area contributed by atoms with Gasteiger partial charge in [-0.05, 0) is 67.3 Å². The number of hydrogen-bond donors (Lipinski definition) is 2. The van der Waals surface area contributed by atoms with Crippen LogP contribution in [-0.2, 0) is 4.79 Å². The Labute approximate surface area is 184 Å². The first-order valence-corrected chi connectivity index (χ1v) is 10.8. The first-order chi connectivity index (χ1) is 15.1. The summed E-state index contributed by atoms with van der Waals surface area (Å²) in [5.41, 5.74) is 4.75. The molecule has 5 heteroatoms. The average Bonchev–Trinajstić information content (AvgIpc) is 3.33. The second-order valence-corrected chi connectivity index (χ2v) is 7.92. The third-order valence-corrected chi connectivity index (χ3v) is 5.66. The molecule has 1 aliphatic heterocycles. The summed E-state index contributed by atoms with van der Waals surface area (Å²) in [7, 11) is 1.61. The molecule has 0 saturated carbocycles. The van der Waals surface area contributed by atoms with E-state index in [9.17, 15) is 4.79 Å². The molecule has 0 aliphatic carbocycles. The van der Waals surface area contributed by atoms with Gasteiger partial charge in [-0.1, -0.05) is 36.4 Å². The number of anilines is 3. The van der Waals surface area contributed by atoms with Crippen molar-refractivity contribution in [2.24, 2.45) is 0 Å². The average molecular weight is 416 g/mol. The van der Waals surface area contributed by atoms with E-state index in [1.165, 1.54) is 18.5 Å². The summed E-state index contributed by atoms with van der Waals surface area (Å²) in [5, 5.41) is 6.46. The molecule has 1 saturated heterocycles. The summed E-state index contributed by atoms with van der Waals surface area (Å²) >= 11 is 0. The van der Waals surface area contributed by atoms with E-state index in [2.05, 4.69) is 27.7 Å². The lowest BCUT2D eigenvalue weighted by atomic mass is 10.1.